The number of thiazole rings is 1. The maximum absolute atomic E-state index is 13.6. The van der Waals surface area contributed by atoms with Crippen molar-refractivity contribution in [1.82, 2.24) is 33.4 Å². The number of aliphatic hydroxyl groups is 1. The van der Waals surface area contributed by atoms with Crippen molar-refractivity contribution in [3.63, 3.8) is 0 Å². The third-order valence-corrected chi connectivity index (χ3v) is 9.95. The predicted octanol–water partition coefficient (Wildman–Crippen LogP) is 3.32. The van der Waals surface area contributed by atoms with Gasteiger partial charge in [0.05, 0.1) is 35.3 Å². The Morgan fingerprint density at radius 1 is 0.912 bits per heavy atom. The molecule has 6 rings (SSSR count). The summed E-state index contributed by atoms with van der Waals surface area (Å²) in [5, 5.41) is 16.7. The molecule has 0 fully saturated rings. The SMILES string of the molecule is CCn1cc(C)nc1C(=O)Nc1nc2cc(C(N)=O)cc(OCCCO)c2n1C/C=C/Cn1/c(=N/C(=O)c2cc(C)nn2CC)sc2cc(C(N)=O)cc(OC)c21. The second-order valence-corrected chi connectivity index (χ2v) is 13.9. The number of fused-ring (bicyclic) bond motifs is 2. The standard InChI is InChI=1S/C38H43N11O7S/c1-6-46-20-22(4)41-34(46)36(54)43-37-42-25-16-23(32(39)51)18-28(56-14-10-13-50)30(25)47(37)11-8-9-12-48-31-27(55-5)17-24(33(40)52)19-29(31)57-38(48)44-35(53)26-15-21(3)45-49(26)7-2/h8-9,15-20,50H,6-7,10-14H2,1-5H3,(H2,39,51)(H2,40,52)(H,42,43,54)/b9-8+,44-38-. The van der Waals surface area contributed by atoms with E-state index in [0.29, 0.717) is 68.4 Å². The van der Waals surface area contributed by atoms with Gasteiger partial charge in [-0.3, -0.25) is 29.2 Å². The van der Waals surface area contributed by atoms with Crippen LogP contribution in [0.3, 0.4) is 0 Å². The van der Waals surface area contributed by atoms with Crippen LogP contribution >= 0.6 is 11.3 Å². The van der Waals surface area contributed by atoms with Gasteiger partial charge in [0.2, 0.25) is 17.8 Å². The summed E-state index contributed by atoms with van der Waals surface area (Å²) >= 11 is 1.19. The predicted molar refractivity (Wildman–Crippen MR) is 213 cm³/mol. The summed E-state index contributed by atoms with van der Waals surface area (Å²) in [5.41, 5.74) is 14.7. The van der Waals surface area contributed by atoms with E-state index in [1.165, 1.54) is 36.6 Å². The Kier molecular flexibility index (Phi) is 12.0. The van der Waals surface area contributed by atoms with Gasteiger partial charge in [-0.15, -0.1) is 0 Å². The lowest BCUT2D eigenvalue weighted by molar-refractivity contribution is 0.0982. The quantitative estimate of drug-likeness (QED) is 0.0823. The first kappa shape index (κ1) is 40.1. The van der Waals surface area contributed by atoms with Crippen molar-refractivity contribution < 1.29 is 33.8 Å². The second kappa shape index (κ2) is 17.0. The van der Waals surface area contributed by atoms with E-state index >= 15 is 0 Å². The Morgan fingerprint density at radius 2 is 1.61 bits per heavy atom. The van der Waals surface area contributed by atoms with E-state index in [-0.39, 0.29) is 55.0 Å². The molecular formula is C38H43N11O7S. The van der Waals surface area contributed by atoms with Crippen molar-refractivity contribution in [1.29, 1.82) is 0 Å². The maximum Gasteiger partial charge on any atom is 0.297 e. The molecule has 6 N–H and O–H groups in total. The number of anilines is 1. The molecule has 0 aliphatic carbocycles. The molecule has 0 radical (unpaired) electrons. The van der Waals surface area contributed by atoms with Gasteiger partial charge in [0.25, 0.3) is 11.8 Å². The van der Waals surface area contributed by atoms with E-state index < -0.39 is 23.6 Å². The van der Waals surface area contributed by atoms with Gasteiger partial charge >= 0.3 is 0 Å². The van der Waals surface area contributed by atoms with E-state index in [1.807, 2.05) is 26.0 Å². The number of hydrogen-bond acceptors (Lipinski definition) is 11. The number of aromatic nitrogens is 7. The molecule has 0 spiro atoms. The highest BCUT2D eigenvalue weighted by Crippen LogP contribution is 2.32. The van der Waals surface area contributed by atoms with Gasteiger partial charge in [-0.2, -0.15) is 10.1 Å². The zero-order valence-electron chi connectivity index (χ0n) is 32.1. The topological polar surface area (TPSA) is 242 Å². The van der Waals surface area contributed by atoms with E-state index in [1.54, 1.807) is 50.6 Å². The fourth-order valence-electron chi connectivity index (χ4n) is 6.32. The molecule has 0 aliphatic heterocycles. The number of amides is 4. The van der Waals surface area contributed by atoms with Crippen molar-refractivity contribution in [2.45, 2.75) is 60.3 Å². The lowest BCUT2D eigenvalue weighted by Gasteiger charge is -2.13. The Bertz CT molecular complexity index is 2630. The largest absolute Gasteiger partial charge is 0.494 e. The molecule has 0 bridgehead atoms. The minimum atomic E-state index is -0.697. The van der Waals surface area contributed by atoms with Crippen molar-refractivity contribution in [2.24, 2.45) is 16.5 Å². The van der Waals surface area contributed by atoms with Crippen LogP contribution in [0, 0.1) is 13.8 Å². The molecule has 6 aromatic rings. The highest BCUT2D eigenvalue weighted by Gasteiger charge is 2.23. The fraction of sp³-hybridized carbons (Fsp3) is 0.316. The monoisotopic (exact) mass is 797 g/mol. The van der Waals surface area contributed by atoms with Crippen molar-refractivity contribution in [2.75, 3.05) is 25.6 Å². The molecule has 4 amide bonds. The highest BCUT2D eigenvalue weighted by atomic mass is 32.1. The van der Waals surface area contributed by atoms with Crippen molar-refractivity contribution in [3.8, 4) is 11.5 Å². The molecule has 4 heterocycles. The van der Waals surface area contributed by atoms with Gasteiger partial charge in [-0.25, -0.2) is 9.97 Å². The van der Waals surface area contributed by atoms with Crippen LogP contribution in [0.1, 0.15) is 73.5 Å². The Balaban J connectivity index is 1.44. The number of hydrogen-bond donors (Lipinski definition) is 4. The van der Waals surface area contributed by atoms with Crippen LogP contribution in [0.4, 0.5) is 5.95 Å². The summed E-state index contributed by atoms with van der Waals surface area (Å²) in [5.74, 6) is -1.36. The van der Waals surface area contributed by atoms with Crippen LogP contribution in [0.15, 0.2) is 53.7 Å². The Labute approximate surface area is 330 Å². The third kappa shape index (κ3) is 8.33. The van der Waals surface area contributed by atoms with Crippen LogP contribution in [-0.4, -0.2) is 82.5 Å². The summed E-state index contributed by atoms with van der Waals surface area (Å²) in [6.45, 7) is 8.71. The second-order valence-electron chi connectivity index (χ2n) is 12.9. The number of rotatable bonds is 16. The van der Waals surface area contributed by atoms with Crippen LogP contribution in [0.5, 0.6) is 11.5 Å². The summed E-state index contributed by atoms with van der Waals surface area (Å²) in [4.78, 5) is 65.6. The summed E-state index contributed by atoms with van der Waals surface area (Å²) in [6.07, 6.45) is 5.77. The van der Waals surface area contributed by atoms with Crippen molar-refractivity contribution in [3.05, 3.63) is 87.5 Å². The summed E-state index contributed by atoms with van der Waals surface area (Å²) in [6, 6.07) is 7.86. The van der Waals surface area contributed by atoms with E-state index in [4.69, 9.17) is 20.9 Å². The van der Waals surface area contributed by atoms with Gasteiger partial charge in [0, 0.05) is 56.5 Å². The lowest BCUT2D eigenvalue weighted by Crippen LogP contribution is -2.20. The van der Waals surface area contributed by atoms with Crippen LogP contribution in [0.2, 0.25) is 0 Å². The molecule has 57 heavy (non-hydrogen) atoms. The van der Waals surface area contributed by atoms with Crippen LogP contribution in [0.25, 0.3) is 21.3 Å². The minimum absolute atomic E-state index is 0.114. The van der Waals surface area contributed by atoms with E-state index in [0.717, 1.165) is 0 Å². The number of nitrogens with two attached hydrogens (primary N) is 2. The van der Waals surface area contributed by atoms with Crippen LogP contribution in [-0.2, 0) is 26.2 Å². The highest BCUT2D eigenvalue weighted by molar-refractivity contribution is 7.16. The van der Waals surface area contributed by atoms with Gasteiger partial charge in [0.1, 0.15) is 28.2 Å². The molecule has 0 aliphatic rings. The Hall–Kier alpha value is -6.60. The van der Waals surface area contributed by atoms with Gasteiger partial charge in [-0.1, -0.05) is 23.5 Å². The first-order chi connectivity index (χ1) is 27.4. The number of aryl methyl sites for hydroxylation is 4. The minimum Gasteiger partial charge on any atom is -0.494 e. The summed E-state index contributed by atoms with van der Waals surface area (Å²) < 4.78 is 19.1. The number of ether oxygens (including phenoxy) is 2. The first-order valence-electron chi connectivity index (χ1n) is 18.1. The fourth-order valence-corrected chi connectivity index (χ4v) is 7.41. The number of primary amides is 2. The number of benzene rings is 2. The number of allylic oxidation sites excluding steroid dienone is 2. The zero-order chi connectivity index (χ0) is 41.0. The average molecular weight is 798 g/mol. The normalized spacial score (nSPS) is 11.9. The number of nitrogens with one attached hydrogen (secondary N) is 1. The number of methoxy groups -OCH3 is 1. The van der Waals surface area contributed by atoms with Gasteiger partial charge < -0.3 is 39.7 Å². The summed E-state index contributed by atoms with van der Waals surface area (Å²) in [7, 11) is 1.47. The van der Waals surface area contributed by atoms with Gasteiger partial charge in [0.15, 0.2) is 10.6 Å². The molecule has 298 valence electrons. The van der Waals surface area contributed by atoms with E-state index in [2.05, 4.69) is 25.4 Å². The maximum atomic E-state index is 13.6. The van der Waals surface area contributed by atoms with E-state index in [9.17, 15) is 24.3 Å². The number of nitrogens with zero attached hydrogens (tertiary/aromatic N) is 8. The molecule has 0 saturated carbocycles. The first-order valence-corrected chi connectivity index (χ1v) is 18.9. The number of aliphatic hydroxyl groups excluding tert-OH is 1. The van der Waals surface area contributed by atoms with Crippen LogP contribution < -0.4 is 31.1 Å². The number of carbonyl (C=O) groups is 4. The number of imidazole rings is 2. The molecule has 0 saturated heterocycles. The smallest absolute Gasteiger partial charge is 0.297 e. The third-order valence-electron chi connectivity index (χ3n) is 8.92. The zero-order valence-corrected chi connectivity index (χ0v) is 32.9. The lowest BCUT2D eigenvalue weighted by atomic mass is 10.1. The average Bonchev–Trinajstić information content (AvgIpc) is 3.95. The molecule has 2 aromatic carbocycles. The molecule has 19 heteroatoms. The van der Waals surface area contributed by atoms with Gasteiger partial charge in [-0.05, 0) is 58.0 Å². The molecule has 18 nitrogen and oxygen atoms in total. The number of carbonyl (C=O) groups excluding carboxylic acids is 4. The molecule has 0 atom stereocenters. The molecule has 4 aromatic heterocycles. The van der Waals surface area contributed by atoms with Crippen molar-refractivity contribution >= 4 is 62.2 Å². The molecular weight excluding hydrogens is 755 g/mol. The Morgan fingerprint density at radius 3 is 2.28 bits per heavy atom. The molecule has 0 unspecified atom stereocenters.